The Morgan fingerprint density at radius 1 is 1.69 bits per heavy atom. The molecule has 90 valence electrons. The number of hydrogen-bond donors (Lipinski definition) is 1. The Morgan fingerprint density at radius 3 is 2.94 bits per heavy atom. The lowest BCUT2D eigenvalue weighted by atomic mass is 9.85. The number of allylic oxidation sites excluding steroid dienone is 2. The molecule has 2 saturated carbocycles. The summed E-state index contributed by atoms with van der Waals surface area (Å²) in [4.78, 5) is 0. The van der Waals surface area contributed by atoms with E-state index in [-0.39, 0.29) is 6.61 Å². The quantitative estimate of drug-likeness (QED) is 0.700. The van der Waals surface area contributed by atoms with Crippen molar-refractivity contribution in [3.8, 4) is 0 Å². The number of fused-ring (bicyclic) bond motifs is 1. The highest BCUT2D eigenvalue weighted by Crippen LogP contribution is 2.69. The molecule has 0 aromatic heterocycles. The summed E-state index contributed by atoms with van der Waals surface area (Å²) in [5.41, 5.74) is 3.25. The Bertz CT molecular complexity index is 315. The largest absolute Gasteiger partial charge is 0.392 e. The Hall–Kier alpha value is -0.560. The maximum Gasteiger partial charge on any atom is 0.0639 e. The summed E-state index contributed by atoms with van der Waals surface area (Å²) >= 11 is 0. The van der Waals surface area contributed by atoms with Gasteiger partial charge >= 0.3 is 0 Å². The van der Waals surface area contributed by atoms with Crippen LogP contribution < -0.4 is 0 Å². The molecule has 2 rings (SSSR count). The van der Waals surface area contributed by atoms with Gasteiger partial charge in [-0.15, -0.1) is 0 Å². The molecule has 1 N–H and O–H groups in total. The van der Waals surface area contributed by atoms with E-state index < -0.39 is 0 Å². The Morgan fingerprint density at radius 2 is 2.44 bits per heavy atom. The standard InChI is InChI=1S/C15H24O/c1-11(10-16)5-4-6-13(3)15-8-7-12(2)14(15)9-15/h5,13-14,16H,2,4,6-10H2,1,3H3. The molecule has 0 aliphatic heterocycles. The van der Waals surface area contributed by atoms with Crippen LogP contribution in [0.5, 0.6) is 0 Å². The molecule has 0 aromatic carbocycles. The van der Waals surface area contributed by atoms with Gasteiger partial charge in [-0.1, -0.05) is 30.7 Å². The van der Waals surface area contributed by atoms with Crippen molar-refractivity contribution in [2.24, 2.45) is 17.3 Å². The first-order valence-electron chi connectivity index (χ1n) is 6.54. The predicted octanol–water partition coefficient (Wildman–Crippen LogP) is 3.70. The molecule has 0 amide bonds. The molecular formula is C15H24O. The van der Waals surface area contributed by atoms with Crippen molar-refractivity contribution in [1.29, 1.82) is 0 Å². The van der Waals surface area contributed by atoms with Gasteiger partial charge < -0.3 is 5.11 Å². The van der Waals surface area contributed by atoms with Gasteiger partial charge in [0.1, 0.15) is 0 Å². The molecule has 0 spiro atoms. The summed E-state index contributed by atoms with van der Waals surface area (Å²) < 4.78 is 0. The van der Waals surface area contributed by atoms with Crippen LogP contribution in [0.2, 0.25) is 0 Å². The van der Waals surface area contributed by atoms with Crippen LogP contribution in [0.1, 0.15) is 46.0 Å². The molecule has 0 bridgehead atoms. The second-order valence-electron chi connectivity index (χ2n) is 5.84. The van der Waals surface area contributed by atoms with Gasteiger partial charge in [0.25, 0.3) is 0 Å². The third-order valence-electron chi connectivity index (χ3n) is 4.85. The van der Waals surface area contributed by atoms with Crippen molar-refractivity contribution in [3.05, 3.63) is 23.8 Å². The van der Waals surface area contributed by atoms with E-state index in [9.17, 15) is 0 Å². The van der Waals surface area contributed by atoms with E-state index in [1.165, 1.54) is 31.3 Å². The molecular weight excluding hydrogens is 196 g/mol. The number of rotatable bonds is 5. The molecule has 3 atom stereocenters. The first-order valence-corrected chi connectivity index (χ1v) is 6.54. The second kappa shape index (κ2) is 4.37. The number of aliphatic hydroxyl groups excluding tert-OH is 1. The lowest BCUT2D eigenvalue weighted by molar-refractivity contribution is 0.300. The first kappa shape index (κ1) is 11.9. The Kier molecular flexibility index (Phi) is 3.25. The summed E-state index contributed by atoms with van der Waals surface area (Å²) in [6.45, 7) is 8.79. The normalized spacial score (nSPS) is 35.1. The van der Waals surface area contributed by atoms with Gasteiger partial charge in [0.15, 0.2) is 0 Å². The molecule has 3 unspecified atom stereocenters. The smallest absolute Gasteiger partial charge is 0.0639 e. The highest BCUT2D eigenvalue weighted by Gasteiger charge is 2.60. The van der Waals surface area contributed by atoms with Gasteiger partial charge in [0.05, 0.1) is 6.61 Å². The van der Waals surface area contributed by atoms with Gasteiger partial charge in [0, 0.05) is 0 Å². The molecule has 0 heterocycles. The third kappa shape index (κ3) is 1.98. The Balaban J connectivity index is 1.82. The van der Waals surface area contributed by atoms with Crippen molar-refractivity contribution in [3.63, 3.8) is 0 Å². The first-order chi connectivity index (χ1) is 7.60. The van der Waals surface area contributed by atoms with Crippen molar-refractivity contribution < 1.29 is 5.11 Å². The van der Waals surface area contributed by atoms with Crippen molar-refractivity contribution in [2.45, 2.75) is 46.0 Å². The van der Waals surface area contributed by atoms with Gasteiger partial charge in [-0.25, -0.2) is 0 Å². The topological polar surface area (TPSA) is 20.2 Å². The molecule has 0 radical (unpaired) electrons. The van der Waals surface area contributed by atoms with Gasteiger partial charge in [-0.3, -0.25) is 0 Å². The summed E-state index contributed by atoms with van der Waals surface area (Å²) in [5.74, 6) is 1.67. The molecule has 1 heteroatoms. The molecule has 2 fully saturated rings. The van der Waals surface area contributed by atoms with Crippen LogP contribution in [0, 0.1) is 17.3 Å². The monoisotopic (exact) mass is 220 g/mol. The molecule has 0 aromatic rings. The van der Waals surface area contributed by atoms with Crippen LogP contribution >= 0.6 is 0 Å². The fourth-order valence-electron chi connectivity index (χ4n) is 3.44. The van der Waals surface area contributed by atoms with Gasteiger partial charge in [-0.2, -0.15) is 0 Å². The zero-order valence-corrected chi connectivity index (χ0v) is 10.6. The van der Waals surface area contributed by atoms with Crippen LogP contribution in [-0.2, 0) is 0 Å². The third-order valence-corrected chi connectivity index (χ3v) is 4.85. The molecule has 1 nitrogen and oxygen atoms in total. The average molecular weight is 220 g/mol. The molecule has 0 saturated heterocycles. The van der Waals surface area contributed by atoms with Crippen molar-refractivity contribution in [1.82, 2.24) is 0 Å². The predicted molar refractivity (Wildman–Crippen MR) is 68.2 cm³/mol. The minimum Gasteiger partial charge on any atom is -0.392 e. The fourth-order valence-corrected chi connectivity index (χ4v) is 3.44. The minimum absolute atomic E-state index is 0.207. The number of aliphatic hydroxyl groups is 1. The van der Waals surface area contributed by atoms with Crippen molar-refractivity contribution in [2.75, 3.05) is 6.61 Å². The summed E-state index contributed by atoms with van der Waals surface area (Å²) in [5, 5.41) is 8.93. The number of hydrogen-bond acceptors (Lipinski definition) is 1. The van der Waals surface area contributed by atoms with E-state index in [0.717, 1.165) is 23.8 Å². The van der Waals surface area contributed by atoms with Crippen LogP contribution in [-0.4, -0.2) is 11.7 Å². The SMILES string of the molecule is C=C1CCC2(C(C)CCC=C(C)CO)CC12. The summed E-state index contributed by atoms with van der Waals surface area (Å²) in [6.07, 6.45) is 8.61. The molecule has 2 aliphatic rings. The summed E-state index contributed by atoms with van der Waals surface area (Å²) in [7, 11) is 0. The zero-order valence-electron chi connectivity index (χ0n) is 10.6. The van der Waals surface area contributed by atoms with Gasteiger partial charge in [0.2, 0.25) is 0 Å². The summed E-state index contributed by atoms with van der Waals surface area (Å²) in [6, 6.07) is 0. The molecule has 16 heavy (non-hydrogen) atoms. The van der Waals surface area contributed by atoms with Crippen LogP contribution in [0.4, 0.5) is 0 Å². The minimum atomic E-state index is 0.207. The Labute approximate surface area is 99.3 Å². The van der Waals surface area contributed by atoms with Crippen molar-refractivity contribution >= 4 is 0 Å². The van der Waals surface area contributed by atoms with Crippen LogP contribution in [0.25, 0.3) is 0 Å². The lowest BCUT2D eigenvalue weighted by Gasteiger charge is -2.20. The fraction of sp³-hybridized carbons (Fsp3) is 0.733. The van der Waals surface area contributed by atoms with E-state index in [1.807, 2.05) is 6.92 Å². The van der Waals surface area contributed by atoms with E-state index in [2.05, 4.69) is 19.6 Å². The van der Waals surface area contributed by atoms with E-state index >= 15 is 0 Å². The van der Waals surface area contributed by atoms with E-state index in [0.29, 0.717) is 5.41 Å². The highest BCUT2D eigenvalue weighted by molar-refractivity contribution is 5.26. The maximum atomic E-state index is 8.93. The molecule has 2 aliphatic carbocycles. The highest BCUT2D eigenvalue weighted by atomic mass is 16.3. The van der Waals surface area contributed by atoms with E-state index in [1.54, 1.807) is 0 Å². The van der Waals surface area contributed by atoms with Gasteiger partial charge in [-0.05, 0) is 56.3 Å². The van der Waals surface area contributed by atoms with E-state index in [4.69, 9.17) is 5.11 Å². The lowest BCUT2D eigenvalue weighted by Crippen LogP contribution is -2.11. The zero-order chi connectivity index (χ0) is 11.8. The van der Waals surface area contributed by atoms with Crippen LogP contribution in [0.15, 0.2) is 23.8 Å². The average Bonchev–Trinajstić information content (AvgIpc) is 2.94. The maximum absolute atomic E-state index is 8.93. The second-order valence-corrected chi connectivity index (χ2v) is 5.84. The van der Waals surface area contributed by atoms with Crippen LogP contribution in [0.3, 0.4) is 0 Å².